The minimum atomic E-state index is -0.284. The summed E-state index contributed by atoms with van der Waals surface area (Å²) in [6.45, 7) is 1.90. The van der Waals surface area contributed by atoms with Crippen molar-refractivity contribution in [3.63, 3.8) is 0 Å². The molecule has 134 valence electrons. The second-order valence-corrected chi connectivity index (χ2v) is 7.05. The summed E-state index contributed by atoms with van der Waals surface area (Å²) in [4.78, 5) is 25.4. The number of hydrogen-bond donors (Lipinski definition) is 1. The van der Waals surface area contributed by atoms with Crippen LogP contribution in [0, 0.1) is 6.92 Å². The molecule has 0 spiro atoms. The van der Waals surface area contributed by atoms with Crippen LogP contribution >= 0.6 is 22.9 Å². The molecule has 1 amide bonds. The van der Waals surface area contributed by atoms with Gasteiger partial charge in [0.1, 0.15) is 22.3 Å². The van der Waals surface area contributed by atoms with Gasteiger partial charge in [-0.2, -0.15) is 0 Å². The van der Waals surface area contributed by atoms with E-state index in [1.807, 2.05) is 42.0 Å². The fourth-order valence-corrected chi connectivity index (χ4v) is 3.54. The first-order chi connectivity index (χ1) is 13.1. The van der Waals surface area contributed by atoms with Crippen LogP contribution in [0.4, 0.5) is 5.69 Å². The van der Waals surface area contributed by atoms with Gasteiger partial charge in [0.15, 0.2) is 0 Å². The first-order valence-corrected chi connectivity index (χ1v) is 9.35. The number of hydrogen-bond acceptors (Lipinski definition) is 5. The molecule has 1 aromatic carbocycles. The molecule has 0 aliphatic rings. The third kappa shape index (κ3) is 3.74. The minimum Gasteiger partial charge on any atom is -0.319 e. The lowest BCUT2D eigenvalue weighted by atomic mass is 10.2. The molecule has 4 aromatic rings. The maximum atomic E-state index is 12.5. The number of rotatable bonds is 4. The third-order valence-corrected chi connectivity index (χ3v) is 5.01. The molecular formula is C19H14ClN5OS. The molecule has 1 N–H and O–H groups in total. The number of carbonyl (C=O) groups excluding carboxylic acids is 1. The Morgan fingerprint density at radius 3 is 2.81 bits per heavy atom. The Bertz CT molecular complexity index is 1100. The number of aromatic nitrogens is 4. The summed E-state index contributed by atoms with van der Waals surface area (Å²) in [6.07, 6.45) is 5.16. The number of nitrogens with one attached hydrogen (secondary N) is 1. The number of nitrogens with zero attached hydrogens (tertiary/aromatic N) is 4. The molecule has 0 saturated carbocycles. The van der Waals surface area contributed by atoms with Gasteiger partial charge in [-0.25, -0.2) is 15.0 Å². The van der Waals surface area contributed by atoms with E-state index in [9.17, 15) is 4.79 Å². The topological polar surface area (TPSA) is 72.7 Å². The molecule has 0 saturated heterocycles. The average Bonchev–Trinajstić information content (AvgIpc) is 3.32. The largest absolute Gasteiger partial charge is 0.319 e. The Morgan fingerprint density at radius 1 is 1.22 bits per heavy atom. The maximum absolute atomic E-state index is 12.5. The third-order valence-electron chi connectivity index (χ3n) is 3.89. The molecule has 6 nitrogen and oxygen atoms in total. The zero-order valence-corrected chi connectivity index (χ0v) is 15.8. The first kappa shape index (κ1) is 17.4. The van der Waals surface area contributed by atoms with Crippen molar-refractivity contribution in [2.45, 2.75) is 6.92 Å². The number of aryl methyl sites for hydroxylation is 1. The molecular weight excluding hydrogens is 382 g/mol. The normalized spacial score (nSPS) is 10.7. The molecule has 8 heteroatoms. The van der Waals surface area contributed by atoms with Crippen LogP contribution in [0.3, 0.4) is 0 Å². The van der Waals surface area contributed by atoms with Crippen molar-refractivity contribution in [2.75, 3.05) is 5.32 Å². The van der Waals surface area contributed by atoms with Gasteiger partial charge in [-0.3, -0.25) is 9.36 Å². The SMILES string of the molecule is Cc1nccn1-c1ccc(NC(=O)c2csc(-c3cccc(Cl)c3)n2)cn1. The summed E-state index contributed by atoms with van der Waals surface area (Å²) in [6, 6.07) is 11.0. The van der Waals surface area contributed by atoms with Gasteiger partial charge in [0.05, 0.1) is 11.9 Å². The van der Waals surface area contributed by atoms with Crippen LogP contribution in [-0.2, 0) is 0 Å². The number of thiazole rings is 1. The van der Waals surface area contributed by atoms with E-state index >= 15 is 0 Å². The van der Waals surface area contributed by atoms with Crippen LogP contribution in [-0.4, -0.2) is 25.4 Å². The molecule has 27 heavy (non-hydrogen) atoms. The van der Waals surface area contributed by atoms with E-state index in [4.69, 9.17) is 11.6 Å². The van der Waals surface area contributed by atoms with Crippen LogP contribution in [0.15, 0.2) is 60.4 Å². The standard InChI is InChI=1S/C19H14ClN5OS/c1-12-21-7-8-25(12)17-6-5-15(10-22-17)23-18(26)16-11-27-19(24-16)13-3-2-4-14(20)9-13/h2-11H,1H3,(H,23,26). The number of anilines is 1. The number of pyridine rings is 1. The molecule has 0 radical (unpaired) electrons. The van der Waals surface area contributed by atoms with Crippen LogP contribution < -0.4 is 5.32 Å². The van der Waals surface area contributed by atoms with Crippen LogP contribution in [0.25, 0.3) is 16.4 Å². The fraction of sp³-hybridized carbons (Fsp3) is 0.0526. The van der Waals surface area contributed by atoms with E-state index in [0.29, 0.717) is 16.4 Å². The number of amides is 1. The maximum Gasteiger partial charge on any atom is 0.275 e. The van der Waals surface area contributed by atoms with E-state index in [2.05, 4.69) is 20.3 Å². The second kappa shape index (κ2) is 7.30. The highest BCUT2D eigenvalue weighted by Gasteiger charge is 2.13. The molecule has 3 heterocycles. The summed E-state index contributed by atoms with van der Waals surface area (Å²) in [5.74, 6) is 1.29. The van der Waals surface area contributed by atoms with Crippen LogP contribution in [0.2, 0.25) is 5.02 Å². The Morgan fingerprint density at radius 2 is 2.11 bits per heavy atom. The lowest BCUT2D eigenvalue weighted by molar-refractivity contribution is 0.102. The van der Waals surface area contributed by atoms with Crippen molar-refractivity contribution in [3.05, 3.63) is 76.9 Å². The van der Waals surface area contributed by atoms with Crippen molar-refractivity contribution in [2.24, 2.45) is 0 Å². The van der Waals surface area contributed by atoms with Crippen LogP contribution in [0.1, 0.15) is 16.3 Å². The summed E-state index contributed by atoms with van der Waals surface area (Å²) in [5, 5.41) is 5.91. The van der Waals surface area contributed by atoms with Gasteiger partial charge in [0, 0.05) is 28.4 Å². The molecule has 0 atom stereocenters. The quantitative estimate of drug-likeness (QED) is 0.547. The lowest BCUT2D eigenvalue weighted by Gasteiger charge is -2.06. The average molecular weight is 396 g/mol. The highest BCUT2D eigenvalue weighted by atomic mass is 35.5. The molecule has 0 aliphatic carbocycles. The van der Waals surface area contributed by atoms with Gasteiger partial charge in [-0.1, -0.05) is 23.7 Å². The van der Waals surface area contributed by atoms with Gasteiger partial charge in [0.2, 0.25) is 0 Å². The van der Waals surface area contributed by atoms with Crippen molar-refractivity contribution in [1.82, 2.24) is 19.5 Å². The van der Waals surface area contributed by atoms with Crippen molar-refractivity contribution >= 4 is 34.5 Å². The van der Waals surface area contributed by atoms with Gasteiger partial charge < -0.3 is 5.32 Å². The number of benzene rings is 1. The Kier molecular flexibility index (Phi) is 4.70. The molecule has 0 bridgehead atoms. The molecule has 0 aliphatic heterocycles. The molecule has 3 aromatic heterocycles. The Labute approximate surface area is 164 Å². The van der Waals surface area contributed by atoms with Crippen molar-refractivity contribution in [3.8, 4) is 16.4 Å². The summed E-state index contributed by atoms with van der Waals surface area (Å²) >= 11 is 7.41. The monoisotopic (exact) mass is 395 g/mol. The lowest BCUT2D eigenvalue weighted by Crippen LogP contribution is -2.12. The van der Waals surface area contributed by atoms with Gasteiger partial charge in [0.25, 0.3) is 5.91 Å². The highest BCUT2D eigenvalue weighted by molar-refractivity contribution is 7.13. The van der Waals surface area contributed by atoms with Gasteiger partial charge in [-0.05, 0) is 31.2 Å². The van der Waals surface area contributed by atoms with Crippen LogP contribution in [0.5, 0.6) is 0 Å². The summed E-state index contributed by atoms with van der Waals surface area (Å²) in [5.41, 5.74) is 1.83. The fourth-order valence-electron chi connectivity index (χ4n) is 2.55. The summed E-state index contributed by atoms with van der Waals surface area (Å²) in [7, 11) is 0. The smallest absolute Gasteiger partial charge is 0.275 e. The first-order valence-electron chi connectivity index (χ1n) is 8.09. The molecule has 0 fully saturated rings. The van der Waals surface area contributed by atoms with E-state index in [1.54, 1.807) is 29.9 Å². The van der Waals surface area contributed by atoms with Crippen molar-refractivity contribution < 1.29 is 4.79 Å². The Balaban J connectivity index is 1.49. The van der Waals surface area contributed by atoms with Gasteiger partial charge >= 0.3 is 0 Å². The predicted octanol–water partition coefficient (Wildman–Crippen LogP) is 4.60. The number of carbonyl (C=O) groups is 1. The number of imidazole rings is 1. The minimum absolute atomic E-state index is 0.284. The predicted molar refractivity (Wildman–Crippen MR) is 107 cm³/mol. The Hall–Kier alpha value is -3.03. The van der Waals surface area contributed by atoms with E-state index < -0.39 is 0 Å². The number of halogens is 1. The summed E-state index contributed by atoms with van der Waals surface area (Å²) < 4.78 is 1.86. The van der Waals surface area contributed by atoms with E-state index in [0.717, 1.165) is 22.2 Å². The second-order valence-electron chi connectivity index (χ2n) is 5.75. The van der Waals surface area contributed by atoms with Crippen molar-refractivity contribution in [1.29, 1.82) is 0 Å². The van der Waals surface area contributed by atoms with Gasteiger partial charge in [-0.15, -0.1) is 11.3 Å². The highest BCUT2D eigenvalue weighted by Crippen LogP contribution is 2.26. The molecule has 0 unspecified atom stereocenters. The molecule has 4 rings (SSSR count). The van der Waals surface area contributed by atoms with E-state index in [-0.39, 0.29) is 5.91 Å². The zero-order chi connectivity index (χ0) is 18.8. The zero-order valence-electron chi connectivity index (χ0n) is 14.3. The van der Waals surface area contributed by atoms with E-state index in [1.165, 1.54) is 11.3 Å².